The first kappa shape index (κ1) is 26.3. The van der Waals surface area contributed by atoms with Gasteiger partial charge in [0.2, 0.25) is 5.82 Å². The average molecular weight is 441 g/mol. The van der Waals surface area contributed by atoms with Gasteiger partial charge in [0.05, 0.1) is 12.2 Å². The number of aromatic nitrogens is 1. The number of unbranched alkanes of at least 4 members (excludes halogenated alkanes) is 1. The molecule has 174 valence electrons. The van der Waals surface area contributed by atoms with Crippen molar-refractivity contribution in [2.45, 2.75) is 79.1 Å². The van der Waals surface area contributed by atoms with Crippen LogP contribution >= 0.6 is 0 Å². The summed E-state index contributed by atoms with van der Waals surface area (Å²) in [6.07, 6.45) is 4.41. The molecule has 1 amide bonds. The van der Waals surface area contributed by atoms with Crippen LogP contribution in [0.3, 0.4) is 0 Å². The zero-order chi connectivity index (χ0) is 23.6. The smallest absolute Gasteiger partial charge is 0.412 e. The van der Waals surface area contributed by atoms with E-state index in [1.807, 2.05) is 20.8 Å². The second kappa shape index (κ2) is 12.2. The minimum Gasteiger partial charge on any atom is -0.444 e. The fourth-order valence-corrected chi connectivity index (χ4v) is 2.53. The number of hydrogen-bond acceptors (Lipinski definition) is 5. The summed E-state index contributed by atoms with van der Waals surface area (Å²) in [4.78, 5) is 24.0. The Morgan fingerprint density at radius 1 is 1.39 bits per heavy atom. The van der Waals surface area contributed by atoms with Gasteiger partial charge in [0.25, 0.3) is 5.56 Å². The first-order valence-corrected chi connectivity index (χ1v) is 10.4. The molecule has 0 radical (unpaired) electrons. The van der Waals surface area contributed by atoms with Gasteiger partial charge in [-0.15, -0.1) is 0 Å². The van der Waals surface area contributed by atoms with E-state index in [4.69, 9.17) is 4.74 Å². The second-order valence-electron chi connectivity index (χ2n) is 8.47. The number of alkyl halides is 1. The van der Waals surface area contributed by atoms with Crippen LogP contribution in [0, 0.1) is 5.82 Å². The molecule has 0 saturated carbocycles. The van der Waals surface area contributed by atoms with Crippen LogP contribution in [-0.4, -0.2) is 40.2 Å². The van der Waals surface area contributed by atoms with Gasteiger partial charge < -0.3 is 9.30 Å². The third-order valence-corrected chi connectivity index (χ3v) is 3.87. The summed E-state index contributed by atoms with van der Waals surface area (Å²) in [5.74, 6) is -1.13. The van der Waals surface area contributed by atoms with Gasteiger partial charge in [0.1, 0.15) is 11.8 Å². The molecule has 1 heterocycles. The molecule has 0 aliphatic carbocycles. The molecule has 9 heteroatoms. The normalized spacial score (nSPS) is 12.5. The zero-order valence-electron chi connectivity index (χ0n) is 19.2. The largest absolute Gasteiger partial charge is 0.444 e. The van der Waals surface area contributed by atoms with Crippen molar-refractivity contribution in [2.75, 3.05) is 11.9 Å². The van der Waals surface area contributed by atoms with E-state index in [-0.39, 0.29) is 25.2 Å². The number of halogens is 2. The maximum Gasteiger partial charge on any atom is 0.412 e. The Labute approximate surface area is 182 Å². The quantitative estimate of drug-likeness (QED) is 0.407. The number of allylic oxidation sites excluding steroid dienone is 1. The van der Waals surface area contributed by atoms with Crippen LogP contribution < -0.4 is 10.9 Å². The van der Waals surface area contributed by atoms with Crippen LogP contribution in [0.2, 0.25) is 0 Å². The predicted molar refractivity (Wildman–Crippen MR) is 120 cm³/mol. The number of pyridine rings is 1. The number of carbonyl (C=O) groups excluding carboxylic acids is 1. The summed E-state index contributed by atoms with van der Waals surface area (Å²) in [6, 6.07) is 1.25. The fourth-order valence-electron chi connectivity index (χ4n) is 2.53. The Bertz CT molecular complexity index is 840. The molecule has 0 bridgehead atoms. The molecule has 1 aromatic rings. The molecule has 0 aromatic carbocycles. The number of ether oxygens (including phenoxy) is 1. The van der Waals surface area contributed by atoms with E-state index < -0.39 is 29.2 Å². The van der Waals surface area contributed by atoms with Crippen molar-refractivity contribution >= 4 is 18.0 Å². The molecule has 0 aliphatic rings. The van der Waals surface area contributed by atoms with E-state index in [2.05, 4.69) is 10.4 Å². The molecule has 0 spiro atoms. The summed E-state index contributed by atoms with van der Waals surface area (Å²) in [5.41, 5.74) is -1.01. The molecule has 0 fully saturated rings. The SMILES string of the molecule is CCC/C=N/N(C=C(C)C)CC(F)CCn1ccc(NC(=O)OC(C)(C)C)c(F)c1=O. The third-order valence-electron chi connectivity index (χ3n) is 3.87. The van der Waals surface area contributed by atoms with Gasteiger partial charge in [-0.1, -0.05) is 18.9 Å². The summed E-state index contributed by atoms with van der Waals surface area (Å²) in [6.45, 7) is 10.8. The van der Waals surface area contributed by atoms with Crippen LogP contribution in [0.25, 0.3) is 0 Å². The van der Waals surface area contributed by atoms with Gasteiger partial charge in [0, 0.05) is 25.2 Å². The summed E-state index contributed by atoms with van der Waals surface area (Å²) >= 11 is 0. The Hall–Kier alpha value is -2.71. The van der Waals surface area contributed by atoms with Crippen molar-refractivity contribution in [3.63, 3.8) is 0 Å². The standard InChI is InChI=1S/C22H34F2N4O3/c1-7-8-11-25-28(14-16(2)3)15-17(23)9-12-27-13-10-18(19(24)20(27)29)26-21(30)31-22(4,5)6/h10-11,13-14,17H,7-9,12,15H2,1-6H3,(H,26,30)/b25-11+. The highest BCUT2D eigenvalue weighted by Crippen LogP contribution is 2.14. The van der Waals surface area contributed by atoms with E-state index in [0.29, 0.717) is 0 Å². The van der Waals surface area contributed by atoms with E-state index in [1.54, 1.807) is 33.2 Å². The third kappa shape index (κ3) is 10.2. The number of rotatable bonds is 10. The maximum atomic E-state index is 14.5. The van der Waals surface area contributed by atoms with Gasteiger partial charge in [-0.2, -0.15) is 9.49 Å². The lowest BCUT2D eigenvalue weighted by Crippen LogP contribution is -2.30. The van der Waals surface area contributed by atoms with Crippen molar-refractivity contribution in [1.29, 1.82) is 0 Å². The lowest BCUT2D eigenvalue weighted by molar-refractivity contribution is 0.0635. The first-order valence-electron chi connectivity index (χ1n) is 10.4. The summed E-state index contributed by atoms with van der Waals surface area (Å²) in [7, 11) is 0. The van der Waals surface area contributed by atoms with E-state index >= 15 is 0 Å². The van der Waals surface area contributed by atoms with Crippen LogP contribution in [0.1, 0.15) is 60.8 Å². The predicted octanol–water partition coefficient (Wildman–Crippen LogP) is 5.07. The van der Waals surface area contributed by atoms with Crippen LogP contribution in [0.5, 0.6) is 0 Å². The van der Waals surface area contributed by atoms with Crippen molar-refractivity contribution < 1.29 is 18.3 Å². The Morgan fingerprint density at radius 3 is 2.65 bits per heavy atom. The molecule has 1 atom stereocenters. The minimum absolute atomic E-state index is 0.00852. The number of amides is 1. The maximum absolute atomic E-state index is 14.5. The Kier molecular flexibility index (Phi) is 10.4. The molecule has 1 unspecified atom stereocenters. The zero-order valence-corrected chi connectivity index (χ0v) is 19.2. The number of anilines is 1. The second-order valence-corrected chi connectivity index (χ2v) is 8.47. The Morgan fingerprint density at radius 2 is 2.06 bits per heavy atom. The molecule has 1 N–H and O–H groups in total. The van der Waals surface area contributed by atoms with Crippen molar-refractivity contribution in [1.82, 2.24) is 9.58 Å². The van der Waals surface area contributed by atoms with Gasteiger partial charge in [-0.05, 0) is 53.5 Å². The van der Waals surface area contributed by atoms with Crippen LogP contribution in [0.4, 0.5) is 19.3 Å². The van der Waals surface area contributed by atoms with Gasteiger partial charge >= 0.3 is 6.09 Å². The van der Waals surface area contributed by atoms with Gasteiger partial charge in [-0.25, -0.2) is 9.18 Å². The molecule has 0 aliphatic heterocycles. The number of hydrogen-bond donors (Lipinski definition) is 1. The minimum atomic E-state index is -1.27. The fraction of sp³-hybridized carbons (Fsp3) is 0.591. The highest BCUT2D eigenvalue weighted by atomic mass is 19.1. The highest BCUT2D eigenvalue weighted by molar-refractivity contribution is 5.84. The molecule has 0 saturated heterocycles. The van der Waals surface area contributed by atoms with E-state index in [9.17, 15) is 18.4 Å². The topological polar surface area (TPSA) is 75.9 Å². The summed E-state index contributed by atoms with van der Waals surface area (Å²) in [5, 5.41) is 8.01. The van der Waals surface area contributed by atoms with Crippen molar-refractivity contribution in [3.05, 3.63) is 40.2 Å². The van der Waals surface area contributed by atoms with Crippen molar-refractivity contribution in [2.24, 2.45) is 5.10 Å². The van der Waals surface area contributed by atoms with Crippen LogP contribution in [0.15, 0.2) is 33.9 Å². The van der Waals surface area contributed by atoms with Gasteiger partial charge in [-0.3, -0.25) is 15.1 Å². The van der Waals surface area contributed by atoms with E-state index in [0.717, 1.165) is 23.0 Å². The number of aryl methyl sites for hydroxylation is 1. The average Bonchev–Trinajstić information content (AvgIpc) is 2.63. The van der Waals surface area contributed by atoms with Crippen molar-refractivity contribution in [3.8, 4) is 0 Å². The molecule has 1 rings (SSSR count). The molecule has 1 aromatic heterocycles. The number of carbonyl (C=O) groups is 1. The summed E-state index contributed by atoms with van der Waals surface area (Å²) < 4.78 is 35.0. The first-order chi connectivity index (χ1) is 14.4. The lowest BCUT2D eigenvalue weighted by atomic mass is 10.2. The number of nitrogens with zero attached hydrogens (tertiary/aromatic N) is 3. The van der Waals surface area contributed by atoms with Crippen LogP contribution in [-0.2, 0) is 11.3 Å². The molecular formula is C22H34F2N4O3. The molecular weight excluding hydrogens is 406 g/mol. The Balaban J connectivity index is 2.76. The monoisotopic (exact) mass is 440 g/mol. The van der Waals surface area contributed by atoms with E-state index in [1.165, 1.54) is 17.3 Å². The van der Waals surface area contributed by atoms with Gasteiger partial charge in [0.15, 0.2) is 0 Å². The highest BCUT2D eigenvalue weighted by Gasteiger charge is 2.19. The lowest BCUT2D eigenvalue weighted by Gasteiger charge is -2.20. The molecule has 7 nitrogen and oxygen atoms in total. The molecule has 31 heavy (non-hydrogen) atoms. The number of hydrazone groups is 1. The number of nitrogens with one attached hydrogen (secondary N) is 1.